The number of nitrogens with zero attached hydrogens (tertiary/aromatic N) is 6. The van der Waals surface area contributed by atoms with Crippen LogP contribution in [0.2, 0.25) is 0 Å². The van der Waals surface area contributed by atoms with E-state index in [-0.39, 0.29) is 18.0 Å². The van der Waals surface area contributed by atoms with Crippen molar-refractivity contribution in [3.05, 3.63) is 64.8 Å². The van der Waals surface area contributed by atoms with Crippen molar-refractivity contribution in [2.45, 2.75) is 19.9 Å². The molecular formula is C19H19N7O2. The molecule has 0 fully saturated rings. The van der Waals surface area contributed by atoms with E-state index < -0.39 is 0 Å². The molecule has 2 aromatic heterocycles. The molecule has 1 N–H and O–H groups in total. The smallest absolute Gasteiger partial charge is 0.326 e. The lowest BCUT2D eigenvalue weighted by Crippen LogP contribution is -2.24. The highest BCUT2D eigenvalue weighted by molar-refractivity contribution is 5.91. The SMILES string of the molecule is Cc1ccc(NC(=O)CCn2c(=O)n(C)c3ccccc32)cc1-n1cnnn1. The highest BCUT2D eigenvalue weighted by Crippen LogP contribution is 2.18. The number of rotatable bonds is 5. The van der Waals surface area contributed by atoms with Crippen LogP contribution in [-0.4, -0.2) is 35.2 Å². The molecule has 0 aliphatic carbocycles. The van der Waals surface area contributed by atoms with E-state index in [0.29, 0.717) is 12.2 Å². The molecule has 0 aliphatic heterocycles. The van der Waals surface area contributed by atoms with Gasteiger partial charge in [0.05, 0.1) is 16.7 Å². The van der Waals surface area contributed by atoms with Crippen molar-refractivity contribution < 1.29 is 4.79 Å². The monoisotopic (exact) mass is 377 g/mol. The number of amides is 1. The molecular weight excluding hydrogens is 358 g/mol. The highest BCUT2D eigenvalue weighted by atomic mass is 16.2. The molecule has 0 unspecified atom stereocenters. The summed E-state index contributed by atoms with van der Waals surface area (Å²) in [4.78, 5) is 24.9. The summed E-state index contributed by atoms with van der Waals surface area (Å²) >= 11 is 0. The minimum absolute atomic E-state index is 0.134. The second-order valence-electron chi connectivity index (χ2n) is 6.54. The summed E-state index contributed by atoms with van der Waals surface area (Å²) in [6.07, 6.45) is 1.68. The Labute approximate surface area is 160 Å². The Bertz CT molecular complexity index is 1200. The van der Waals surface area contributed by atoms with Crippen LogP contribution in [0.25, 0.3) is 16.7 Å². The molecule has 28 heavy (non-hydrogen) atoms. The molecule has 4 aromatic rings. The van der Waals surface area contributed by atoms with Crippen molar-refractivity contribution in [2.75, 3.05) is 5.32 Å². The Morgan fingerprint density at radius 3 is 2.68 bits per heavy atom. The molecule has 0 aliphatic rings. The van der Waals surface area contributed by atoms with Crippen LogP contribution in [0, 0.1) is 6.92 Å². The van der Waals surface area contributed by atoms with E-state index in [1.165, 1.54) is 6.33 Å². The molecule has 0 spiro atoms. The standard InChI is InChI=1S/C19H19N7O2/c1-13-7-8-14(11-17(13)26-12-20-22-23-26)21-18(27)9-10-25-16-6-4-3-5-15(16)24(2)19(25)28/h3-8,11-12H,9-10H2,1-2H3,(H,21,27). The van der Waals surface area contributed by atoms with Crippen molar-refractivity contribution in [2.24, 2.45) is 7.05 Å². The van der Waals surface area contributed by atoms with E-state index in [4.69, 9.17) is 0 Å². The van der Waals surface area contributed by atoms with Crippen LogP contribution < -0.4 is 11.0 Å². The largest absolute Gasteiger partial charge is 0.328 e. The third kappa shape index (κ3) is 3.18. The van der Waals surface area contributed by atoms with Gasteiger partial charge in [-0.3, -0.25) is 13.9 Å². The summed E-state index contributed by atoms with van der Waals surface area (Å²) in [5, 5.41) is 14.0. The zero-order valence-electron chi connectivity index (χ0n) is 15.5. The zero-order valence-corrected chi connectivity index (χ0v) is 15.5. The van der Waals surface area contributed by atoms with Gasteiger partial charge in [0.1, 0.15) is 6.33 Å². The zero-order chi connectivity index (χ0) is 19.7. The van der Waals surface area contributed by atoms with E-state index in [0.717, 1.165) is 22.3 Å². The fourth-order valence-corrected chi connectivity index (χ4v) is 3.22. The number of carbonyl (C=O) groups is 1. The summed E-state index contributed by atoms with van der Waals surface area (Å²) in [5.41, 5.74) is 3.94. The van der Waals surface area contributed by atoms with Gasteiger partial charge in [0.15, 0.2) is 0 Å². The van der Waals surface area contributed by atoms with E-state index in [9.17, 15) is 9.59 Å². The van der Waals surface area contributed by atoms with Crippen LogP contribution in [0.4, 0.5) is 5.69 Å². The van der Waals surface area contributed by atoms with Gasteiger partial charge >= 0.3 is 5.69 Å². The van der Waals surface area contributed by atoms with Gasteiger partial charge in [0.2, 0.25) is 5.91 Å². The summed E-state index contributed by atoms with van der Waals surface area (Å²) in [5.74, 6) is -0.175. The summed E-state index contributed by atoms with van der Waals surface area (Å²) in [7, 11) is 1.73. The molecule has 1 amide bonds. The topological polar surface area (TPSA) is 99.6 Å². The van der Waals surface area contributed by atoms with Crippen LogP contribution >= 0.6 is 0 Å². The minimum Gasteiger partial charge on any atom is -0.326 e. The van der Waals surface area contributed by atoms with Gasteiger partial charge in [-0.15, -0.1) is 5.10 Å². The van der Waals surface area contributed by atoms with Crippen molar-refractivity contribution in [1.82, 2.24) is 29.3 Å². The quantitative estimate of drug-likeness (QED) is 0.570. The molecule has 142 valence electrons. The van der Waals surface area contributed by atoms with Crippen molar-refractivity contribution in [3.63, 3.8) is 0 Å². The average Bonchev–Trinajstić information content (AvgIpc) is 3.31. The first kappa shape index (κ1) is 17.7. The number of hydrogen-bond acceptors (Lipinski definition) is 5. The molecule has 0 bridgehead atoms. The van der Waals surface area contributed by atoms with Crippen LogP contribution in [0.5, 0.6) is 0 Å². The first-order valence-corrected chi connectivity index (χ1v) is 8.83. The second-order valence-corrected chi connectivity index (χ2v) is 6.54. The Morgan fingerprint density at radius 1 is 1.14 bits per heavy atom. The van der Waals surface area contributed by atoms with E-state index in [1.807, 2.05) is 49.4 Å². The molecule has 2 heterocycles. The number of fused-ring (bicyclic) bond motifs is 1. The molecule has 9 heteroatoms. The van der Waals surface area contributed by atoms with E-state index >= 15 is 0 Å². The van der Waals surface area contributed by atoms with Gasteiger partial charge in [0, 0.05) is 25.7 Å². The predicted octanol–water partition coefficient (Wildman–Crippen LogP) is 1.65. The molecule has 2 aromatic carbocycles. The van der Waals surface area contributed by atoms with Gasteiger partial charge < -0.3 is 5.32 Å². The number of aryl methyl sites for hydroxylation is 3. The lowest BCUT2D eigenvalue weighted by atomic mass is 10.2. The Morgan fingerprint density at radius 2 is 1.93 bits per heavy atom. The van der Waals surface area contributed by atoms with Crippen molar-refractivity contribution in [1.29, 1.82) is 0 Å². The van der Waals surface area contributed by atoms with Gasteiger partial charge in [-0.2, -0.15) is 0 Å². The molecule has 0 saturated heterocycles. The number of anilines is 1. The molecule has 0 radical (unpaired) electrons. The van der Waals surface area contributed by atoms with Crippen LogP contribution in [0.1, 0.15) is 12.0 Å². The van der Waals surface area contributed by atoms with Gasteiger partial charge in [-0.1, -0.05) is 18.2 Å². The van der Waals surface area contributed by atoms with Crippen molar-refractivity contribution >= 4 is 22.6 Å². The average molecular weight is 377 g/mol. The lowest BCUT2D eigenvalue weighted by molar-refractivity contribution is -0.116. The number of hydrogen-bond donors (Lipinski definition) is 1. The number of imidazole rings is 1. The summed E-state index contributed by atoms with van der Waals surface area (Å²) in [6.45, 7) is 2.24. The first-order valence-electron chi connectivity index (χ1n) is 8.83. The molecule has 4 rings (SSSR count). The predicted molar refractivity (Wildman–Crippen MR) is 104 cm³/mol. The maximum absolute atomic E-state index is 12.4. The highest BCUT2D eigenvalue weighted by Gasteiger charge is 2.12. The van der Waals surface area contributed by atoms with Gasteiger partial charge in [0.25, 0.3) is 0 Å². The van der Waals surface area contributed by atoms with Crippen LogP contribution in [0.3, 0.4) is 0 Å². The third-order valence-electron chi connectivity index (χ3n) is 4.70. The van der Waals surface area contributed by atoms with E-state index in [2.05, 4.69) is 20.8 Å². The summed E-state index contributed by atoms with van der Waals surface area (Å²) in [6, 6.07) is 13.1. The van der Waals surface area contributed by atoms with Crippen LogP contribution in [0.15, 0.2) is 53.6 Å². The molecule has 0 saturated carbocycles. The number of tetrazole rings is 1. The maximum Gasteiger partial charge on any atom is 0.328 e. The Hall–Kier alpha value is -3.75. The third-order valence-corrected chi connectivity index (χ3v) is 4.70. The number of benzene rings is 2. The van der Waals surface area contributed by atoms with E-state index in [1.54, 1.807) is 20.9 Å². The molecule has 9 nitrogen and oxygen atoms in total. The molecule has 0 atom stereocenters. The minimum atomic E-state index is -0.175. The number of aromatic nitrogens is 6. The fraction of sp³-hybridized carbons (Fsp3) is 0.211. The van der Waals surface area contributed by atoms with Crippen LogP contribution in [-0.2, 0) is 18.4 Å². The Kier molecular flexibility index (Phi) is 4.48. The number of para-hydroxylation sites is 2. The first-order chi connectivity index (χ1) is 13.5. The number of nitrogens with one attached hydrogen (secondary N) is 1. The van der Waals surface area contributed by atoms with Gasteiger partial charge in [-0.05, 0) is 47.2 Å². The van der Waals surface area contributed by atoms with Gasteiger partial charge in [-0.25, -0.2) is 9.48 Å². The van der Waals surface area contributed by atoms with Crippen molar-refractivity contribution in [3.8, 4) is 5.69 Å². The number of carbonyl (C=O) groups excluding carboxylic acids is 1. The maximum atomic E-state index is 12.4. The fourth-order valence-electron chi connectivity index (χ4n) is 3.22. The summed E-state index contributed by atoms with van der Waals surface area (Å²) < 4.78 is 4.75. The lowest BCUT2D eigenvalue weighted by Gasteiger charge is -2.10. The normalized spacial score (nSPS) is 11.1. The second kappa shape index (κ2) is 7.10. The Balaban J connectivity index is 1.50.